The van der Waals surface area contributed by atoms with Gasteiger partial charge in [-0.1, -0.05) is 23.8 Å². The number of nitrogens with one attached hydrogen (secondary N) is 1. The minimum Gasteiger partial charge on any atom is -0.381 e. The molecule has 1 aliphatic heterocycles. The molecule has 0 aromatic heterocycles. The van der Waals surface area contributed by atoms with Gasteiger partial charge in [0.1, 0.15) is 0 Å². The van der Waals surface area contributed by atoms with E-state index in [0.29, 0.717) is 6.04 Å². The zero-order valence-corrected chi connectivity index (χ0v) is 13.6. The average molecular weight is 288 g/mol. The molecule has 1 aliphatic carbocycles. The summed E-state index contributed by atoms with van der Waals surface area (Å²) in [6.07, 6.45) is 4.70. The van der Waals surface area contributed by atoms with Crippen LogP contribution >= 0.6 is 0 Å². The van der Waals surface area contributed by atoms with Crippen molar-refractivity contribution in [1.82, 2.24) is 10.2 Å². The summed E-state index contributed by atoms with van der Waals surface area (Å²) in [6, 6.07) is 7.44. The summed E-state index contributed by atoms with van der Waals surface area (Å²) in [7, 11) is 4.42. The smallest absolute Gasteiger partial charge is 0.0484 e. The molecule has 3 heteroatoms. The van der Waals surface area contributed by atoms with Crippen molar-refractivity contribution in [2.45, 2.75) is 44.2 Å². The standard InChI is InChI=1S/C18H28N2O/c1-14-4-5-15-6-7-17(16(15)12-14)19-13-18(20(2)3)8-10-21-11-9-18/h4-5,12,17,19H,6-11,13H2,1-3H3/t17-/m0/s1. The van der Waals surface area contributed by atoms with E-state index in [4.69, 9.17) is 4.74 Å². The van der Waals surface area contributed by atoms with E-state index in [1.165, 1.54) is 29.5 Å². The molecule has 1 N–H and O–H groups in total. The highest BCUT2D eigenvalue weighted by molar-refractivity contribution is 5.37. The highest BCUT2D eigenvalue weighted by Gasteiger charge is 2.35. The summed E-state index contributed by atoms with van der Waals surface area (Å²) in [6.45, 7) is 5.03. The van der Waals surface area contributed by atoms with Crippen molar-refractivity contribution in [1.29, 1.82) is 0 Å². The lowest BCUT2D eigenvalue weighted by molar-refractivity contribution is -0.00827. The van der Waals surface area contributed by atoms with Crippen LogP contribution in [-0.4, -0.2) is 44.3 Å². The predicted octanol–water partition coefficient (Wildman–Crippen LogP) is 2.68. The largest absolute Gasteiger partial charge is 0.381 e. The SMILES string of the molecule is Cc1ccc2c(c1)[C@@H](NCC1(N(C)C)CCOCC1)CC2. The van der Waals surface area contributed by atoms with Gasteiger partial charge in [-0.25, -0.2) is 0 Å². The molecule has 0 amide bonds. The number of hydrogen-bond donors (Lipinski definition) is 1. The fourth-order valence-electron chi connectivity index (χ4n) is 3.78. The summed E-state index contributed by atoms with van der Waals surface area (Å²) in [5, 5.41) is 3.86. The summed E-state index contributed by atoms with van der Waals surface area (Å²) in [5.74, 6) is 0. The van der Waals surface area contributed by atoms with Gasteiger partial charge in [-0.2, -0.15) is 0 Å². The van der Waals surface area contributed by atoms with Crippen LogP contribution < -0.4 is 5.32 Å². The van der Waals surface area contributed by atoms with Gasteiger partial charge in [-0.3, -0.25) is 0 Å². The van der Waals surface area contributed by atoms with Crippen LogP contribution in [0, 0.1) is 6.92 Å². The Hall–Kier alpha value is -0.900. The molecule has 1 heterocycles. The average Bonchev–Trinajstić information content (AvgIpc) is 2.88. The van der Waals surface area contributed by atoms with Crippen LogP contribution in [0.2, 0.25) is 0 Å². The first kappa shape index (κ1) is 15.0. The van der Waals surface area contributed by atoms with Crippen molar-refractivity contribution in [3.63, 3.8) is 0 Å². The Morgan fingerprint density at radius 2 is 2.05 bits per heavy atom. The third kappa shape index (κ3) is 3.01. The predicted molar refractivity (Wildman–Crippen MR) is 86.7 cm³/mol. The fraction of sp³-hybridized carbons (Fsp3) is 0.667. The van der Waals surface area contributed by atoms with Crippen molar-refractivity contribution in [3.05, 3.63) is 34.9 Å². The van der Waals surface area contributed by atoms with Crippen molar-refractivity contribution in [3.8, 4) is 0 Å². The first-order valence-electron chi connectivity index (χ1n) is 8.19. The number of likely N-dealkylation sites (N-methyl/N-ethyl adjacent to an activating group) is 1. The summed E-state index contributed by atoms with van der Waals surface area (Å²) in [5.41, 5.74) is 4.68. The molecular formula is C18H28N2O. The van der Waals surface area contributed by atoms with Gasteiger partial charge < -0.3 is 15.0 Å². The number of ether oxygens (including phenoxy) is 1. The van der Waals surface area contributed by atoms with Crippen LogP contribution in [0.25, 0.3) is 0 Å². The van der Waals surface area contributed by atoms with E-state index in [2.05, 4.69) is 49.4 Å². The maximum atomic E-state index is 5.56. The van der Waals surface area contributed by atoms with Gasteiger partial charge in [0.15, 0.2) is 0 Å². The first-order valence-corrected chi connectivity index (χ1v) is 8.19. The van der Waals surface area contributed by atoms with Crippen LogP contribution in [0.3, 0.4) is 0 Å². The van der Waals surface area contributed by atoms with Gasteiger partial charge in [0.2, 0.25) is 0 Å². The van der Waals surface area contributed by atoms with E-state index in [0.717, 1.165) is 32.6 Å². The number of aryl methyl sites for hydroxylation is 2. The maximum Gasteiger partial charge on any atom is 0.0484 e. The summed E-state index contributed by atoms with van der Waals surface area (Å²) in [4.78, 5) is 2.40. The van der Waals surface area contributed by atoms with Crippen LogP contribution in [0.1, 0.15) is 42.0 Å². The molecule has 0 radical (unpaired) electrons. The molecule has 116 valence electrons. The molecule has 1 saturated heterocycles. The Kier molecular flexibility index (Phi) is 4.34. The molecule has 1 aromatic rings. The quantitative estimate of drug-likeness (QED) is 0.922. The van der Waals surface area contributed by atoms with E-state index in [1.54, 1.807) is 0 Å². The second-order valence-corrected chi connectivity index (χ2v) is 6.91. The molecular weight excluding hydrogens is 260 g/mol. The van der Waals surface area contributed by atoms with Gasteiger partial charge in [0.25, 0.3) is 0 Å². The minimum atomic E-state index is 0.255. The second kappa shape index (κ2) is 6.07. The van der Waals surface area contributed by atoms with Crippen molar-refractivity contribution < 1.29 is 4.74 Å². The zero-order valence-electron chi connectivity index (χ0n) is 13.6. The van der Waals surface area contributed by atoms with E-state index in [1.807, 2.05) is 0 Å². The van der Waals surface area contributed by atoms with E-state index in [-0.39, 0.29) is 5.54 Å². The molecule has 0 unspecified atom stereocenters. The number of rotatable bonds is 4. The van der Waals surface area contributed by atoms with Crippen molar-refractivity contribution in [2.24, 2.45) is 0 Å². The molecule has 3 rings (SSSR count). The molecule has 21 heavy (non-hydrogen) atoms. The minimum absolute atomic E-state index is 0.255. The first-order chi connectivity index (χ1) is 10.1. The summed E-state index contributed by atoms with van der Waals surface area (Å²) >= 11 is 0. The molecule has 1 fully saturated rings. The number of fused-ring (bicyclic) bond motifs is 1. The van der Waals surface area contributed by atoms with Gasteiger partial charge in [-0.05, 0) is 57.8 Å². The normalized spacial score (nSPS) is 24.3. The van der Waals surface area contributed by atoms with Gasteiger partial charge >= 0.3 is 0 Å². The Morgan fingerprint density at radius 3 is 2.76 bits per heavy atom. The van der Waals surface area contributed by atoms with E-state index >= 15 is 0 Å². The van der Waals surface area contributed by atoms with Crippen LogP contribution in [0.15, 0.2) is 18.2 Å². The highest BCUT2D eigenvalue weighted by Crippen LogP contribution is 2.33. The van der Waals surface area contributed by atoms with Crippen molar-refractivity contribution in [2.75, 3.05) is 33.9 Å². The van der Waals surface area contributed by atoms with Gasteiger partial charge in [0.05, 0.1) is 0 Å². The number of nitrogens with zero attached hydrogens (tertiary/aromatic N) is 1. The second-order valence-electron chi connectivity index (χ2n) is 6.91. The molecule has 0 saturated carbocycles. The van der Waals surface area contributed by atoms with E-state index < -0.39 is 0 Å². The van der Waals surface area contributed by atoms with Gasteiger partial charge in [-0.15, -0.1) is 0 Å². The Bertz CT molecular complexity index is 492. The molecule has 2 aliphatic rings. The fourth-order valence-corrected chi connectivity index (χ4v) is 3.78. The van der Waals surface area contributed by atoms with Crippen LogP contribution in [0.5, 0.6) is 0 Å². The number of hydrogen-bond acceptors (Lipinski definition) is 3. The molecule has 3 nitrogen and oxygen atoms in total. The third-order valence-corrected chi connectivity index (χ3v) is 5.43. The Balaban J connectivity index is 1.69. The monoisotopic (exact) mass is 288 g/mol. The maximum absolute atomic E-state index is 5.56. The van der Waals surface area contributed by atoms with Crippen LogP contribution in [0.4, 0.5) is 0 Å². The molecule has 0 bridgehead atoms. The lowest BCUT2D eigenvalue weighted by atomic mass is 9.88. The topological polar surface area (TPSA) is 24.5 Å². The number of benzene rings is 1. The Morgan fingerprint density at radius 1 is 1.29 bits per heavy atom. The summed E-state index contributed by atoms with van der Waals surface area (Å²) < 4.78 is 5.56. The third-order valence-electron chi connectivity index (χ3n) is 5.43. The van der Waals surface area contributed by atoms with Gasteiger partial charge in [0, 0.05) is 31.3 Å². The van der Waals surface area contributed by atoms with Crippen LogP contribution in [-0.2, 0) is 11.2 Å². The zero-order chi connectivity index (χ0) is 14.9. The lowest BCUT2D eigenvalue weighted by Gasteiger charge is -2.43. The highest BCUT2D eigenvalue weighted by atomic mass is 16.5. The molecule has 1 atom stereocenters. The Labute approximate surface area is 128 Å². The van der Waals surface area contributed by atoms with Crippen molar-refractivity contribution >= 4 is 0 Å². The molecule has 0 spiro atoms. The van der Waals surface area contributed by atoms with E-state index in [9.17, 15) is 0 Å². The lowest BCUT2D eigenvalue weighted by Crippen LogP contribution is -2.55. The molecule has 1 aromatic carbocycles.